The van der Waals surface area contributed by atoms with Crippen LogP contribution in [0.4, 0.5) is 0 Å². The average Bonchev–Trinajstić information content (AvgIpc) is 2.14. The summed E-state index contributed by atoms with van der Waals surface area (Å²) in [4.78, 5) is 0. The molecule has 0 spiro atoms. The van der Waals surface area contributed by atoms with Gasteiger partial charge in [-0.05, 0) is 19.4 Å². The highest BCUT2D eigenvalue weighted by Gasteiger charge is 2.10. The second-order valence-electron chi connectivity index (χ2n) is 1.78. The van der Waals surface area contributed by atoms with Crippen LogP contribution in [0.25, 0.3) is 0 Å². The lowest BCUT2D eigenvalue weighted by atomic mass is 10.2. The van der Waals surface area contributed by atoms with Crippen LogP contribution >= 0.6 is 37.2 Å². The minimum atomic E-state index is 0. The molecule has 1 N–H and O–H groups in total. The Morgan fingerprint density at radius 3 is 2.10 bits per heavy atom. The molecule has 0 saturated carbocycles. The first kappa shape index (κ1) is 16.7. The van der Waals surface area contributed by atoms with E-state index >= 15 is 0 Å². The maximum atomic E-state index is 8.25. The lowest BCUT2D eigenvalue weighted by Crippen LogP contribution is -2.18. The molecule has 0 amide bonds. The van der Waals surface area contributed by atoms with Gasteiger partial charge in [-0.15, -0.1) is 37.2 Å². The molecule has 62 valence electrons. The second-order valence-corrected chi connectivity index (χ2v) is 1.78. The highest BCUT2D eigenvalue weighted by Crippen LogP contribution is 2.01. The molecule has 1 rings (SSSR count). The Balaban J connectivity index is -0.000000163. The van der Waals surface area contributed by atoms with E-state index in [2.05, 4.69) is 11.4 Å². The van der Waals surface area contributed by atoms with Gasteiger partial charge in [0, 0.05) is 0 Å². The van der Waals surface area contributed by atoms with E-state index in [1.165, 1.54) is 0 Å². The highest BCUT2D eigenvalue weighted by atomic mass is 35.5. The van der Waals surface area contributed by atoms with E-state index in [1.807, 2.05) is 0 Å². The number of hydrogen-bond acceptors (Lipinski definition) is 2. The fraction of sp³-hybridized carbons (Fsp3) is 0.800. The molecule has 1 atom stereocenters. The quantitative estimate of drug-likeness (QED) is 0.651. The van der Waals surface area contributed by atoms with Crippen LogP contribution in [-0.4, -0.2) is 12.6 Å². The van der Waals surface area contributed by atoms with Crippen molar-refractivity contribution in [1.82, 2.24) is 5.32 Å². The molecule has 0 aliphatic carbocycles. The SMILES string of the molecule is Cl.Cl.Cl.N#CC1CCCN1. The van der Waals surface area contributed by atoms with Crippen LogP contribution in [0.3, 0.4) is 0 Å². The molecule has 1 aliphatic heterocycles. The van der Waals surface area contributed by atoms with Gasteiger partial charge in [0.15, 0.2) is 0 Å². The van der Waals surface area contributed by atoms with Crippen molar-refractivity contribution in [2.24, 2.45) is 0 Å². The molecule has 1 saturated heterocycles. The lowest BCUT2D eigenvalue weighted by molar-refractivity contribution is 0.740. The van der Waals surface area contributed by atoms with Gasteiger partial charge >= 0.3 is 0 Å². The summed E-state index contributed by atoms with van der Waals surface area (Å²) in [5.74, 6) is 0. The summed E-state index contributed by atoms with van der Waals surface area (Å²) in [5.41, 5.74) is 0. The smallest absolute Gasteiger partial charge is 0.0953 e. The molecule has 10 heavy (non-hydrogen) atoms. The Morgan fingerprint density at radius 2 is 1.90 bits per heavy atom. The van der Waals surface area contributed by atoms with Crippen molar-refractivity contribution in [3.8, 4) is 6.07 Å². The first-order chi connectivity index (χ1) is 3.43. The number of nitrogens with one attached hydrogen (secondary N) is 1. The third-order valence-electron chi connectivity index (χ3n) is 1.22. The largest absolute Gasteiger partial charge is 0.302 e. The van der Waals surface area contributed by atoms with Crippen molar-refractivity contribution in [2.75, 3.05) is 6.54 Å². The van der Waals surface area contributed by atoms with E-state index in [9.17, 15) is 0 Å². The molecule has 0 aromatic carbocycles. The van der Waals surface area contributed by atoms with Crippen molar-refractivity contribution in [3.05, 3.63) is 0 Å². The molecule has 0 radical (unpaired) electrons. The monoisotopic (exact) mass is 204 g/mol. The standard InChI is InChI=1S/C5H8N2.3ClH/c6-4-5-2-1-3-7-5;;;/h5,7H,1-3H2;3*1H. The van der Waals surface area contributed by atoms with Crippen LogP contribution in [0.2, 0.25) is 0 Å². The third kappa shape index (κ3) is 5.13. The van der Waals surface area contributed by atoms with E-state index < -0.39 is 0 Å². The Morgan fingerprint density at radius 1 is 1.30 bits per heavy atom. The second kappa shape index (κ2) is 9.32. The van der Waals surface area contributed by atoms with E-state index in [-0.39, 0.29) is 43.3 Å². The van der Waals surface area contributed by atoms with Gasteiger partial charge in [-0.25, -0.2) is 0 Å². The van der Waals surface area contributed by atoms with Crippen molar-refractivity contribution in [1.29, 1.82) is 5.26 Å². The van der Waals surface area contributed by atoms with Crippen LogP contribution in [0.1, 0.15) is 12.8 Å². The lowest BCUT2D eigenvalue weighted by Gasteiger charge is -1.91. The topological polar surface area (TPSA) is 35.8 Å². The zero-order chi connectivity index (χ0) is 5.11. The average molecular weight is 206 g/mol. The van der Waals surface area contributed by atoms with Crippen molar-refractivity contribution in [3.63, 3.8) is 0 Å². The molecule has 1 heterocycles. The molecule has 1 aliphatic rings. The maximum Gasteiger partial charge on any atom is 0.0953 e. The van der Waals surface area contributed by atoms with E-state index in [0.29, 0.717) is 0 Å². The Labute approximate surface area is 79.6 Å². The zero-order valence-electron chi connectivity index (χ0n) is 5.37. The fourth-order valence-corrected chi connectivity index (χ4v) is 0.795. The Bertz CT molecular complexity index is 95.6. The third-order valence-corrected chi connectivity index (χ3v) is 1.22. The molecule has 0 bridgehead atoms. The summed E-state index contributed by atoms with van der Waals surface area (Å²) in [6.45, 7) is 1.03. The van der Waals surface area contributed by atoms with Gasteiger partial charge in [0.25, 0.3) is 0 Å². The van der Waals surface area contributed by atoms with Crippen molar-refractivity contribution >= 4 is 37.2 Å². The van der Waals surface area contributed by atoms with E-state index in [0.717, 1.165) is 19.4 Å². The predicted octanol–water partition coefficient (Wildman–Crippen LogP) is 1.53. The van der Waals surface area contributed by atoms with Crippen molar-refractivity contribution in [2.45, 2.75) is 18.9 Å². The van der Waals surface area contributed by atoms with Gasteiger partial charge in [-0.3, -0.25) is 0 Å². The number of hydrogen-bond donors (Lipinski definition) is 1. The molecule has 0 aromatic rings. The molecular weight excluding hydrogens is 194 g/mol. The maximum absolute atomic E-state index is 8.25. The Kier molecular flexibility index (Phi) is 15.6. The highest BCUT2D eigenvalue weighted by molar-refractivity contribution is 5.86. The van der Waals surface area contributed by atoms with Crippen LogP contribution in [0, 0.1) is 11.3 Å². The van der Waals surface area contributed by atoms with Gasteiger partial charge in [-0.2, -0.15) is 5.26 Å². The molecule has 1 fully saturated rings. The van der Waals surface area contributed by atoms with Gasteiger partial charge in [-0.1, -0.05) is 0 Å². The number of nitriles is 1. The molecule has 0 aromatic heterocycles. The first-order valence-electron chi connectivity index (χ1n) is 2.56. The minimum absolute atomic E-state index is 0. The van der Waals surface area contributed by atoms with Crippen LogP contribution < -0.4 is 5.32 Å². The summed E-state index contributed by atoms with van der Waals surface area (Å²) in [6.07, 6.45) is 2.20. The fourth-order valence-electron chi connectivity index (χ4n) is 0.795. The van der Waals surface area contributed by atoms with Crippen LogP contribution in [0.15, 0.2) is 0 Å². The summed E-state index contributed by atoms with van der Waals surface area (Å²) >= 11 is 0. The van der Waals surface area contributed by atoms with Gasteiger partial charge in [0.1, 0.15) is 0 Å². The molecule has 1 unspecified atom stereocenters. The molecule has 5 heteroatoms. The summed E-state index contributed by atoms with van der Waals surface area (Å²) in [5, 5.41) is 11.3. The summed E-state index contributed by atoms with van der Waals surface area (Å²) in [7, 11) is 0. The summed E-state index contributed by atoms with van der Waals surface area (Å²) < 4.78 is 0. The van der Waals surface area contributed by atoms with Gasteiger partial charge < -0.3 is 5.32 Å². The number of nitrogens with zero attached hydrogens (tertiary/aromatic N) is 1. The van der Waals surface area contributed by atoms with E-state index in [4.69, 9.17) is 5.26 Å². The molecular formula is C5H11Cl3N2. The number of halogens is 3. The predicted molar refractivity (Wildman–Crippen MR) is 48.4 cm³/mol. The van der Waals surface area contributed by atoms with Gasteiger partial charge in [0.05, 0.1) is 12.1 Å². The first-order valence-corrected chi connectivity index (χ1v) is 2.56. The van der Waals surface area contributed by atoms with Gasteiger partial charge in [0.2, 0.25) is 0 Å². The molecule has 2 nitrogen and oxygen atoms in total. The minimum Gasteiger partial charge on any atom is -0.302 e. The number of rotatable bonds is 0. The van der Waals surface area contributed by atoms with Crippen LogP contribution in [0.5, 0.6) is 0 Å². The normalized spacial score (nSPS) is 20.9. The summed E-state index contributed by atoms with van der Waals surface area (Å²) in [6, 6.07) is 2.31. The Hall–Kier alpha value is 0.320. The van der Waals surface area contributed by atoms with E-state index in [1.54, 1.807) is 0 Å². The zero-order valence-corrected chi connectivity index (χ0v) is 7.82. The van der Waals surface area contributed by atoms with Crippen LogP contribution in [-0.2, 0) is 0 Å². The van der Waals surface area contributed by atoms with Crippen molar-refractivity contribution < 1.29 is 0 Å².